The van der Waals surface area contributed by atoms with E-state index in [0.717, 1.165) is 5.56 Å². The first-order valence-electron chi connectivity index (χ1n) is 9.69. The maximum absolute atomic E-state index is 12.9. The molecule has 4 aromatic rings. The van der Waals surface area contributed by atoms with Crippen molar-refractivity contribution in [2.45, 2.75) is 19.4 Å². The van der Waals surface area contributed by atoms with E-state index in [2.05, 4.69) is 20.4 Å². The summed E-state index contributed by atoms with van der Waals surface area (Å²) in [5, 5.41) is 6.75. The Bertz CT molecular complexity index is 1130. The predicted octanol–water partition coefficient (Wildman–Crippen LogP) is 4.31. The Kier molecular flexibility index (Phi) is 6.27. The molecule has 1 N–H and O–H groups in total. The molecule has 2 heterocycles. The summed E-state index contributed by atoms with van der Waals surface area (Å²) < 4.78 is 23.8. The van der Waals surface area contributed by atoms with Crippen LogP contribution in [0.2, 0.25) is 0 Å². The van der Waals surface area contributed by atoms with Crippen molar-refractivity contribution in [2.24, 2.45) is 0 Å². The quantitative estimate of drug-likeness (QED) is 0.459. The molecule has 0 fully saturated rings. The summed E-state index contributed by atoms with van der Waals surface area (Å²) >= 11 is 0. The average Bonchev–Trinajstić information content (AvgIpc) is 3.28. The fourth-order valence-electron chi connectivity index (χ4n) is 2.78. The van der Waals surface area contributed by atoms with E-state index in [9.17, 15) is 9.18 Å². The Balaban J connectivity index is 1.22. The highest BCUT2D eigenvalue weighted by atomic mass is 19.1. The van der Waals surface area contributed by atoms with Crippen molar-refractivity contribution < 1.29 is 18.4 Å². The minimum atomic E-state index is -0.314. The monoisotopic (exact) mass is 418 g/mol. The molecular formula is C23H19FN4O3. The first kappa shape index (κ1) is 20.2. The summed E-state index contributed by atoms with van der Waals surface area (Å²) in [7, 11) is 0. The fourth-order valence-corrected chi connectivity index (χ4v) is 2.78. The van der Waals surface area contributed by atoms with Crippen LogP contribution in [0, 0.1) is 5.82 Å². The molecule has 31 heavy (non-hydrogen) atoms. The highest BCUT2D eigenvalue weighted by Gasteiger charge is 2.11. The molecule has 0 aliphatic heterocycles. The molecule has 0 unspecified atom stereocenters. The number of benzene rings is 2. The van der Waals surface area contributed by atoms with Crippen LogP contribution in [0.1, 0.15) is 17.9 Å². The van der Waals surface area contributed by atoms with Crippen molar-refractivity contribution in [3.05, 3.63) is 90.2 Å². The van der Waals surface area contributed by atoms with Gasteiger partial charge < -0.3 is 14.6 Å². The topological polar surface area (TPSA) is 90.1 Å². The molecule has 0 saturated heterocycles. The third-order valence-corrected chi connectivity index (χ3v) is 4.39. The molecule has 0 aliphatic carbocycles. The number of carbonyl (C=O) groups is 1. The summed E-state index contributed by atoms with van der Waals surface area (Å²) in [5.74, 6) is 1.53. The van der Waals surface area contributed by atoms with Crippen LogP contribution >= 0.6 is 0 Å². The standard InChI is InChI=1S/C23H19FN4O3/c24-17-6-10-19(11-7-17)30-18-8-4-16(5-9-18)15-26-21(29)12-13-22-27-23(28-31-22)20-3-1-2-14-25-20/h1-11,14H,12-13,15H2,(H,26,29). The third-order valence-electron chi connectivity index (χ3n) is 4.39. The van der Waals surface area contributed by atoms with E-state index >= 15 is 0 Å². The van der Waals surface area contributed by atoms with Crippen LogP contribution in [0.3, 0.4) is 0 Å². The number of ether oxygens (including phenoxy) is 1. The van der Waals surface area contributed by atoms with E-state index in [1.807, 2.05) is 18.2 Å². The summed E-state index contributed by atoms with van der Waals surface area (Å²) in [6, 6.07) is 18.5. The largest absolute Gasteiger partial charge is 0.457 e. The Morgan fingerprint density at radius 1 is 1.00 bits per heavy atom. The number of rotatable bonds is 8. The lowest BCUT2D eigenvalue weighted by atomic mass is 10.2. The molecule has 0 radical (unpaired) electrons. The Morgan fingerprint density at radius 2 is 1.74 bits per heavy atom. The van der Waals surface area contributed by atoms with Gasteiger partial charge in [-0.15, -0.1) is 0 Å². The third kappa shape index (κ3) is 5.72. The number of halogens is 1. The van der Waals surface area contributed by atoms with Crippen molar-refractivity contribution in [1.82, 2.24) is 20.4 Å². The molecule has 0 aliphatic rings. The molecule has 4 rings (SSSR count). The minimum Gasteiger partial charge on any atom is -0.457 e. The Hall–Kier alpha value is -4.07. The van der Waals surface area contributed by atoms with Gasteiger partial charge in [0.1, 0.15) is 23.0 Å². The van der Waals surface area contributed by atoms with Crippen LogP contribution in [-0.2, 0) is 17.8 Å². The molecule has 0 bridgehead atoms. The average molecular weight is 418 g/mol. The van der Waals surface area contributed by atoms with Gasteiger partial charge >= 0.3 is 0 Å². The second-order valence-corrected chi connectivity index (χ2v) is 6.70. The smallest absolute Gasteiger partial charge is 0.227 e. The molecular weight excluding hydrogens is 399 g/mol. The predicted molar refractivity (Wildman–Crippen MR) is 111 cm³/mol. The lowest BCUT2D eigenvalue weighted by molar-refractivity contribution is -0.121. The highest BCUT2D eigenvalue weighted by molar-refractivity contribution is 5.76. The van der Waals surface area contributed by atoms with E-state index < -0.39 is 0 Å². The van der Waals surface area contributed by atoms with E-state index in [0.29, 0.717) is 41.9 Å². The molecule has 2 aromatic carbocycles. The number of amides is 1. The van der Waals surface area contributed by atoms with Crippen molar-refractivity contribution in [3.8, 4) is 23.0 Å². The molecule has 0 atom stereocenters. The Morgan fingerprint density at radius 3 is 2.45 bits per heavy atom. The zero-order valence-corrected chi connectivity index (χ0v) is 16.5. The first-order valence-corrected chi connectivity index (χ1v) is 9.69. The van der Waals surface area contributed by atoms with Gasteiger partial charge in [0.15, 0.2) is 0 Å². The van der Waals surface area contributed by atoms with Gasteiger partial charge in [-0.2, -0.15) is 4.98 Å². The number of carbonyl (C=O) groups excluding carboxylic acids is 1. The fraction of sp³-hybridized carbons (Fsp3) is 0.130. The zero-order chi connectivity index (χ0) is 21.5. The van der Waals surface area contributed by atoms with E-state index in [4.69, 9.17) is 9.26 Å². The van der Waals surface area contributed by atoms with Gasteiger partial charge in [0.2, 0.25) is 17.6 Å². The van der Waals surface area contributed by atoms with Crippen LogP contribution in [0.4, 0.5) is 4.39 Å². The van der Waals surface area contributed by atoms with Crippen molar-refractivity contribution in [3.63, 3.8) is 0 Å². The molecule has 1 amide bonds. The molecule has 156 valence electrons. The van der Waals surface area contributed by atoms with Crippen molar-refractivity contribution in [2.75, 3.05) is 0 Å². The zero-order valence-electron chi connectivity index (χ0n) is 16.5. The lowest BCUT2D eigenvalue weighted by Crippen LogP contribution is -2.23. The first-order chi connectivity index (χ1) is 15.2. The van der Waals surface area contributed by atoms with Gasteiger partial charge in [0.25, 0.3) is 0 Å². The van der Waals surface area contributed by atoms with Crippen LogP contribution in [-0.4, -0.2) is 21.0 Å². The summed E-state index contributed by atoms with van der Waals surface area (Å²) in [6.45, 7) is 0.388. The second-order valence-electron chi connectivity index (χ2n) is 6.70. The molecule has 2 aromatic heterocycles. The normalized spacial score (nSPS) is 10.6. The second kappa shape index (κ2) is 9.62. The number of aryl methyl sites for hydroxylation is 1. The number of hydrogen-bond donors (Lipinski definition) is 1. The van der Waals surface area contributed by atoms with Crippen LogP contribution in [0.5, 0.6) is 11.5 Å². The van der Waals surface area contributed by atoms with Crippen molar-refractivity contribution in [1.29, 1.82) is 0 Å². The van der Waals surface area contributed by atoms with Gasteiger partial charge in [-0.25, -0.2) is 4.39 Å². The number of nitrogens with zero attached hydrogens (tertiary/aromatic N) is 3. The molecule has 0 spiro atoms. The Labute approximate surface area is 177 Å². The van der Waals surface area contributed by atoms with Gasteiger partial charge in [0, 0.05) is 25.6 Å². The summed E-state index contributed by atoms with van der Waals surface area (Å²) in [4.78, 5) is 20.6. The van der Waals surface area contributed by atoms with Crippen LogP contribution in [0.25, 0.3) is 11.5 Å². The number of aromatic nitrogens is 3. The lowest BCUT2D eigenvalue weighted by Gasteiger charge is -2.08. The van der Waals surface area contributed by atoms with E-state index in [1.54, 1.807) is 42.6 Å². The maximum atomic E-state index is 12.9. The van der Waals surface area contributed by atoms with Gasteiger partial charge in [-0.3, -0.25) is 9.78 Å². The number of pyridine rings is 1. The van der Waals surface area contributed by atoms with Crippen LogP contribution < -0.4 is 10.1 Å². The van der Waals surface area contributed by atoms with Crippen molar-refractivity contribution >= 4 is 5.91 Å². The van der Waals surface area contributed by atoms with Gasteiger partial charge in [-0.1, -0.05) is 23.4 Å². The SMILES string of the molecule is O=C(CCc1nc(-c2ccccn2)no1)NCc1ccc(Oc2ccc(F)cc2)cc1. The van der Waals surface area contributed by atoms with E-state index in [-0.39, 0.29) is 18.1 Å². The molecule has 0 saturated carbocycles. The van der Waals surface area contributed by atoms with Gasteiger partial charge in [-0.05, 0) is 54.1 Å². The van der Waals surface area contributed by atoms with Gasteiger partial charge in [0.05, 0.1) is 0 Å². The molecule has 8 heteroatoms. The minimum absolute atomic E-state index is 0.121. The van der Waals surface area contributed by atoms with Crippen LogP contribution in [0.15, 0.2) is 77.4 Å². The van der Waals surface area contributed by atoms with E-state index in [1.165, 1.54) is 12.1 Å². The summed E-state index contributed by atoms with van der Waals surface area (Å²) in [6.07, 6.45) is 2.23. The number of hydrogen-bond acceptors (Lipinski definition) is 6. The summed E-state index contributed by atoms with van der Waals surface area (Å²) in [5.41, 5.74) is 1.55. The molecule has 7 nitrogen and oxygen atoms in total. The highest BCUT2D eigenvalue weighted by Crippen LogP contribution is 2.22. The maximum Gasteiger partial charge on any atom is 0.227 e. The number of nitrogens with one attached hydrogen (secondary N) is 1.